The first-order valence-electron chi connectivity index (χ1n) is 5.85. The Labute approximate surface area is 104 Å². The van der Waals surface area contributed by atoms with Gasteiger partial charge in [-0.05, 0) is 19.8 Å². The lowest BCUT2D eigenvalue weighted by Gasteiger charge is -2.28. The molecule has 1 aromatic heterocycles. The van der Waals surface area contributed by atoms with Crippen LogP contribution in [-0.2, 0) is 0 Å². The molecule has 2 N–H and O–H groups in total. The fraction of sp³-hybridized carbons (Fsp3) is 0.583. The van der Waals surface area contributed by atoms with Crippen LogP contribution in [-0.4, -0.2) is 15.9 Å². The summed E-state index contributed by atoms with van der Waals surface area (Å²) < 4.78 is 26.7. The summed E-state index contributed by atoms with van der Waals surface area (Å²) >= 11 is 0. The second-order valence-electron chi connectivity index (χ2n) is 4.69. The lowest BCUT2D eigenvalue weighted by Crippen LogP contribution is -2.26. The Hall–Kier alpha value is -1.77. The Bertz CT molecular complexity index is 484. The summed E-state index contributed by atoms with van der Waals surface area (Å²) in [6.45, 7) is 1.64. The Kier molecular flexibility index (Phi) is 3.16. The van der Waals surface area contributed by atoms with Crippen LogP contribution in [0.25, 0.3) is 0 Å². The average molecular weight is 252 g/mol. The first kappa shape index (κ1) is 12.7. The SMILES string of the molecule is Cc1nc(C2CCCC(F)(F)C2)nc(N)c1C#N. The highest BCUT2D eigenvalue weighted by molar-refractivity contribution is 5.50. The Balaban J connectivity index is 2.32. The molecule has 2 rings (SSSR count). The van der Waals surface area contributed by atoms with E-state index in [2.05, 4.69) is 9.97 Å². The topological polar surface area (TPSA) is 75.6 Å². The number of nitrogen functional groups attached to an aromatic ring is 1. The van der Waals surface area contributed by atoms with Crippen molar-refractivity contribution in [2.75, 3.05) is 5.73 Å². The molecule has 0 amide bonds. The molecule has 1 aliphatic rings. The van der Waals surface area contributed by atoms with Crippen LogP contribution in [0.4, 0.5) is 14.6 Å². The van der Waals surface area contributed by atoms with Gasteiger partial charge in [-0.3, -0.25) is 0 Å². The molecular formula is C12H14F2N4. The quantitative estimate of drug-likeness (QED) is 0.833. The number of alkyl halides is 2. The summed E-state index contributed by atoms with van der Waals surface area (Å²) in [6.07, 6.45) is 0.784. The molecule has 1 heterocycles. The molecule has 0 saturated heterocycles. The molecule has 1 aromatic rings. The van der Waals surface area contributed by atoms with E-state index in [1.54, 1.807) is 6.92 Å². The minimum atomic E-state index is -2.65. The van der Waals surface area contributed by atoms with Crippen LogP contribution in [0.1, 0.15) is 48.7 Å². The van der Waals surface area contributed by atoms with Crippen molar-refractivity contribution >= 4 is 5.82 Å². The molecule has 96 valence electrons. The summed E-state index contributed by atoms with van der Waals surface area (Å²) in [5.41, 5.74) is 6.32. The monoisotopic (exact) mass is 252 g/mol. The van der Waals surface area contributed by atoms with Crippen molar-refractivity contribution in [3.05, 3.63) is 17.1 Å². The molecular weight excluding hydrogens is 238 g/mol. The highest BCUT2D eigenvalue weighted by atomic mass is 19.3. The van der Waals surface area contributed by atoms with Crippen molar-refractivity contribution in [3.8, 4) is 6.07 Å². The van der Waals surface area contributed by atoms with Gasteiger partial charge in [-0.15, -0.1) is 0 Å². The zero-order chi connectivity index (χ0) is 13.3. The van der Waals surface area contributed by atoms with Gasteiger partial charge in [0.2, 0.25) is 5.92 Å². The van der Waals surface area contributed by atoms with Crippen LogP contribution < -0.4 is 5.73 Å². The smallest absolute Gasteiger partial charge is 0.248 e. The fourth-order valence-electron chi connectivity index (χ4n) is 2.33. The fourth-order valence-corrected chi connectivity index (χ4v) is 2.33. The van der Waals surface area contributed by atoms with Gasteiger partial charge in [-0.1, -0.05) is 0 Å². The van der Waals surface area contributed by atoms with Gasteiger partial charge >= 0.3 is 0 Å². The molecule has 1 aliphatic carbocycles. The van der Waals surface area contributed by atoms with E-state index < -0.39 is 5.92 Å². The normalized spacial score (nSPS) is 22.4. The van der Waals surface area contributed by atoms with E-state index in [9.17, 15) is 8.78 Å². The standard InChI is InChI=1S/C12H14F2N4/c1-7-9(6-15)10(16)18-11(17-7)8-3-2-4-12(13,14)5-8/h8H,2-5H2,1H3,(H2,16,17,18). The lowest BCUT2D eigenvalue weighted by atomic mass is 9.86. The van der Waals surface area contributed by atoms with E-state index in [1.165, 1.54) is 0 Å². The summed E-state index contributed by atoms with van der Waals surface area (Å²) in [4.78, 5) is 8.15. The predicted octanol–water partition coefficient (Wildman–Crippen LogP) is 2.53. The number of hydrogen-bond donors (Lipinski definition) is 1. The van der Waals surface area contributed by atoms with Crippen molar-refractivity contribution in [1.82, 2.24) is 9.97 Å². The molecule has 0 spiro atoms. The van der Waals surface area contributed by atoms with Crippen LogP contribution in [0.3, 0.4) is 0 Å². The Morgan fingerprint density at radius 3 is 2.72 bits per heavy atom. The third-order valence-corrected chi connectivity index (χ3v) is 3.25. The maximum Gasteiger partial charge on any atom is 0.248 e. The minimum Gasteiger partial charge on any atom is -0.382 e. The second kappa shape index (κ2) is 4.48. The van der Waals surface area contributed by atoms with E-state index in [-0.39, 0.29) is 30.1 Å². The van der Waals surface area contributed by atoms with Gasteiger partial charge in [0.05, 0.1) is 5.69 Å². The number of anilines is 1. The molecule has 0 bridgehead atoms. The Morgan fingerprint density at radius 2 is 2.17 bits per heavy atom. The van der Waals surface area contributed by atoms with Gasteiger partial charge < -0.3 is 5.73 Å². The Morgan fingerprint density at radius 1 is 1.44 bits per heavy atom. The number of halogens is 2. The van der Waals surface area contributed by atoms with Crippen LogP contribution in [0.2, 0.25) is 0 Å². The number of nitriles is 1. The number of aryl methyl sites for hydroxylation is 1. The summed E-state index contributed by atoms with van der Waals surface area (Å²) in [6, 6.07) is 1.91. The maximum absolute atomic E-state index is 13.3. The van der Waals surface area contributed by atoms with Gasteiger partial charge in [0, 0.05) is 18.8 Å². The molecule has 1 unspecified atom stereocenters. The maximum atomic E-state index is 13.3. The third kappa shape index (κ3) is 2.40. The molecule has 4 nitrogen and oxygen atoms in total. The molecule has 1 saturated carbocycles. The second-order valence-corrected chi connectivity index (χ2v) is 4.69. The highest BCUT2D eigenvalue weighted by Gasteiger charge is 2.38. The van der Waals surface area contributed by atoms with E-state index in [0.717, 1.165) is 0 Å². The van der Waals surface area contributed by atoms with Gasteiger partial charge in [-0.25, -0.2) is 18.7 Å². The van der Waals surface area contributed by atoms with Gasteiger partial charge in [0.25, 0.3) is 0 Å². The highest BCUT2D eigenvalue weighted by Crippen LogP contribution is 2.40. The van der Waals surface area contributed by atoms with Crippen molar-refractivity contribution in [3.63, 3.8) is 0 Å². The van der Waals surface area contributed by atoms with E-state index in [0.29, 0.717) is 24.4 Å². The van der Waals surface area contributed by atoms with Crippen LogP contribution >= 0.6 is 0 Å². The predicted molar refractivity (Wildman–Crippen MR) is 62.1 cm³/mol. The zero-order valence-corrected chi connectivity index (χ0v) is 10.1. The zero-order valence-electron chi connectivity index (χ0n) is 10.1. The minimum absolute atomic E-state index is 0.0752. The molecule has 6 heteroatoms. The van der Waals surface area contributed by atoms with Crippen molar-refractivity contribution in [1.29, 1.82) is 5.26 Å². The van der Waals surface area contributed by atoms with Crippen molar-refractivity contribution in [2.45, 2.75) is 44.4 Å². The van der Waals surface area contributed by atoms with Gasteiger partial charge in [-0.2, -0.15) is 5.26 Å². The molecule has 1 atom stereocenters. The third-order valence-electron chi connectivity index (χ3n) is 3.25. The summed E-state index contributed by atoms with van der Waals surface area (Å²) in [5, 5.41) is 8.85. The number of nitrogens with two attached hydrogens (primary N) is 1. The molecule has 0 radical (unpaired) electrons. The van der Waals surface area contributed by atoms with Crippen LogP contribution in [0.15, 0.2) is 0 Å². The van der Waals surface area contributed by atoms with E-state index in [4.69, 9.17) is 11.0 Å². The molecule has 0 aromatic carbocycles. The number of aromatic nitrogens is 2. The van der Waals surface area contributed by atoms with Crippen LogP contribution in [0.5, 0.6) is 0 Å². The summed E-state index contributed by atoms with van der Waals surface area (Å²) in [7, 11) is 0. The number of rotatable bonds is 1. The van der Waals surface area contributed by atoms with Gasteiger partial charge in [0.15, 0.2) is 0 Å². The molecule has 0 aliphatic heterocycles. The lowest BCUT2D eigenvalue weighted by molar-refractivity contribution is -0.0417. The molecule has 18 heavy (non-hydrogen) atoms. The molecule has 1 fully saturated rings. The van der Waals surface area contributed by atoms with Crippen molar-refractivity contribution < 1.29 is 8.78 Å². The van der Waals surface area contributed by atoms with Gasteiger partial charge in [0.1, 0.15) is 23.3 Å². The first-order chi connectivity index (χ1) is 8.43. The number of nitrogens with zero attached hydrogens (tertiary/aromatic N) is 3. The van der Waals surface area contributed by atoms with E-state index in [1.807, 2.05) is 6.07 Å². The van der Waals surface area contributed by atoms with E-state index >= 15 is 0 Å². The number of hydrogen-bond acceptors (Lipinski definition) is 4. The summed E-state index contributed by atoms with van der Waals surface area (Å²) in [5.74, 6) is -2.61. The van der Waals surface area contributed by atoms with Crippen molar-refractivity contribution in [2.24, 2.45) is 0 Å². The largest absolute Gasteiger partial charge is 0.382 e. The first-order valence-corrected chi connectivity index (χ1v) is 5.85. The van der Waals surface area contributed by atoms with Crippen LogP contribution in [0, 0.1) is 18.3 Å². The average Bonchev–Trinajstić information content (AvgIpc) is 2.27.